The lowest BCUT2D eigenvalue weighted by molar-refractivity contribution is -0.385. The average molecular weight is 184 g/mol. The molecule has 0 aliphatic heterocycles. The molecule has 13 heavy (non-hydrogen) atoms. The summed E-state index contributed by atoms with van der Waals surface area (Å²) >= 11 is 0. The van der Waals surface area contributed by atoms with Gasteiger partial charge in [-0.1, -0.05) is 0 Å². The molecule has 0 spiro atoms. The summed E-state index contributed by atoms with van der Waals surface area (Å²) in [6.45, 7) is -0.0787. The number of hydroxylamine groups is 1. The highest BCUT2D eigenvalue weighted by atomic mass is 16.6. The molecule has 3 N–H and O–H groups in total. The van der Waals surface area contributed by atoms with E-state index in [1.54, 1.807) is 5.48 Å². The van der Waals surface area contributed by atoms with Crippen molar-refractivity contribution in [3.05, 3.63) is 33.9 Å². The van der Waals surface area contributed by atoms with E-state index in [1.165, 1.54) is 18.2 Å². The predicted molar refractivity (Wildman–Crippen MR) is 43.4 cm³/mol. The van der Waals surface area contributed by atoms with Crippen LogP contribution in [-0.4, -0.2) is 15.2 Å². The van der Waals surface area contributed by atoms with Crippen LogP contribution >= 0.6 is 0 Å². The van der Waals surface area contributed by atoms with E-state index in [4.69, 9.17) is 10.3 Å². The molecular weight excluding hydrogens is 176 g/mol. The summed E-state index contributed by atoms with van der Waals surface area (Å²) in [5.41, 5.74) is 1.88. The molecule has 70 valence electrons. The largest absolute Gasteiger partial charge is 0.508 e. The quantitative estimate of drug-likeness (QED) is 0.476. The van der Waals surface area contributed by atoms with Gasteiger partial charge in [0.25, 0.3) is 5.69 Å². The van der Waals surface area contributed by atoms with Gasteiger partial charge in [0, 0.05) is 11.6 Å². The van der Waals surface area contributed by atoms with Crippen molar-refractivity contribution in [1.29, 1.82) is 0 Å². The van der Waals surface area contributed by atoms with Gasteiger partial charge in [-0.15, -0.1) is 0 Å². The number of rotatable bonds is 3. The van der Waals surface area contributed by atoms with Crippen LogP contribution in [0.2, 0.25) is 0 Å². The number of phenols is 1. The Hall–Kier alpha value is -1.66. The fraction of sp³-hybridized carbons (Fsp3) is 0.143. The van der Waals surface area contributed by atoms with Gasteiger partial charge >= 0.3 is 0 Å². The second-order valence-electron chi connectivity index (χ2n) is 2.41. The SMILES string of the molecule is O=[N+]([O-])c1ccc(O)cc1CNO. The fourth-order valence-corrected chi connectivity index (χ4v) is 0.977. The maximum Gasteiger partial charge on any atom is 0.274 e. The third-order valence-electron chi connectivity index (χ3n) is 1.53. The Bertz CT molecular complexity index is 326. The van der Waals surface area contributed by atoms with Gasteiger partial charge in [-0.05, 0) is 12.1 Å². The molecule has 0 aromatic heterocycles. The maximum atomic E-state index is 10.4. The Morgan fingerprint density at radius 3 is 2.77 bits per heavy atom. The lowest BCUT2D eigenvalue weighted by atomic mass is 10.2. The van der Waals surface area contributed by atoms with E-state index in [0.717, 1.165) is 0 Å². The minimum Gasteiger partial charge on any atom is -0.508 e. The molecule has 1 aromatic rings. The van der Waals surface area contributed by atoms with Crippen molar-refractivity contribution in [1.82, 2.24) is 5.48 Å². The third-order valence-corrected chi connectivity index (χ3v) is 1.53. The number of nitrogens with zero attached hydrogens (tertiary/aromatic N) is 1. The highest BCUT2D eigenvalue weighted by Gasteiger charge is 2.12. The van der Waals surface area contributed by atoms with Crippen LogP contribution in [-0.2, 0) is 6.54 Å². The van der Waals surface area contributed by atoms with E-state index in [2.05, 4.69) is 0 Å². The molecule has 0 aliphatic rings. The smallest absolute Gasteiger partial charge is 0.274 e. The van der Waals surface area contributed by atoms with Crippen LogP contribution in [0.3, 0.4) is 0 Å². The van der Waals surface area contributed by atoms with Crippen molar-refractivity contribution in [3.8, 4) is 5.75 Å². The maximum absolute atomic E-state index is 10.4. The van der Waals surface area contributed by atoms with Crippen molar-refractivity contribution in [2.75, 3.05) is 0 Å². The first-order valence-electron chi connectivity index (χ1n) is 3.48. The van der Waals surface area contributed by atoms with Crippen molar-refractivity contribution in [2.45, 2.75) is 6.54 Å². The number of hydrogen-bond donors (Lipinski definition) is 3. The molecule has 0 saturated heterocycles. The van der Waals surface area contributed by atoms with Gasteiger partial charge in [-0.3, -0.25) is 10.1 Å². The number of nitro groups is 1. The zero-order valence-corrected chi connectivity index (χ0v) is 6.60. The van der Waals surface area contributed by atoms with Crippen LogP contribution in [0.15, 0.2) is 18.2 Å². The summed E-state index contributed by atoms with van der Waals surface area (Å²) in [4.78, 5) is 9.85. The predicted octanol–water partition coefficient (Wildman–Crippen LogP) is 0.779. The minimum atomic E-state index is -0.577. The lowest BCUT2D eigenvalue weighted by Gasteiger charge is -2.01. The number of aromatic hydroxyl groups is 1. The monoisotopic (exact) mass is 184 g/mol. The first-order valence-corrected chi connectivity index (χ1v) is 3.48. The molecule has 0 aliphatic carbocycles. The summed E-state index contributed by atoms with van der Waals surface area (Å²) in [5, 5.41) is 27.8. The molecule has 0 bridgehead atoms. The zero-order valence-electron chi connectivity index (χ0n) is 6.60. The molecule has 1 rings (SSSR count). The number of nitro benzene ring substituents is 1. The van der Waals surface area contributed by atoms with E-state index in [9.17, 15) is 10.1 Å². The lowest BCUT2D eigenvalue weighted by Crippen LogP contribution is -2.08. The summed E-state index contributed by atoms with van der Waals surface area (Å²) in [5.74, 6) is -0.0733. The van der Waals surface area contributed by atoms with Crippen LogP contribution in [0.1, 0.15) is 5.56 Å². The minimum absolute atomic E-state index is 0.0733. The molecule has 0 amide bonds. The fourth-order valence-electron chi connectivity index (χ4n) is 0.977. The Morgan fingerprint density at radius 2 is 2.23 bits per heavy atom. The van der Waals surface area contributed by atoms with Crippen LogP contribution < -0.4 is 5.48 Å². The summed E-state index contributed by atoms with van der Waals surface area (Å²) < 4.78 is 0. The van der Waals surface area contributed by atoms with Gasteiger partial charge in [-0.2, -0.15) is 0 Å². The standard InChI is InChI=1S/C7H8N2O4/c10-6-1-2-7(9(12)13)5(3-6)4-8-11/h1-3,8,10-11H,4H2. The van der Waals surface area contributed by atoms with E-state index in [-0.39, 0.29) is 23.5 Å². The topological polar surface area (TPSA) is 95.6 Å². The zero-order chi connectivity index (χ0) is 9.84. The Morgan fingerprint density at radius 1 is 1.54 bits per heavy atom. The van der Waals surface area contributed by atoms with Gasteiger partial charge in [0.15, 0.2) is 0 Å². The van der Waals surface area contributed by atoms with Gasteiger partial charge < -0.3 is 10.3 Å². The first-order chi connectivity index (χ1) is 6.15. The van der Waals surface area contributed by atoms with Crippen molar-refractivity contribution in [3.63, 3.8) is 0 Å². The van der Waals surface area contributed by atoms with Gasteiger partial charge in [-0.25, -0.2) is 5.48 Å². The first kappa shape index (κ1) is 9.43. The van der Waals surface area contributed by atoms with Gasteiger partial charge in [0.2, 0.25) is 0 Å². The molecule has 0 radical (unpaired) electrons. The molecule has 0 unspecified atom stereocenters. The van der Waals surface area contributed by atoms with Crippen LogP contribution in [0.4, 0.5) is 5.69 Å². The molecule has 0 heterocycles. The Labute approximate surface area is 73.5 Å². The van der Waals surface area contributed by atoms with E-state index < -0.39 is 4.92 Å². The number of phenolic OH excluding ortho intramolecular Hbond substituents is 1. The number of nitrogens with one attached hydrogen (secondary N) is 1. The summed E-state index contributed by atoms with van der Waals surface area (Å²) in [6.07, 6.45) is 0. The summed E-state index contributed by atoms with van der Waals surface area (Å²) in [7, 11) is 0. The molecule has 6 heteroatoms. The highest BCUT2D eigenvalue weighted by molar-refractivity contribution is 5.44. The molecule has 6 nitrogen and oxygen atoms in total. The molecule has 0 saturated carbocycles. The Balaban J connectivity index is 3.10. The molecule has 1 aromatic carbocycles. The third kappa shape index (κ3) is 2.14. The van der Waals surface area contributed by atoms with Crippen molar-refractivity contribution in [2.24, 2.45) is 0 Å². The van der Waals surface area contributed by atoms with Gasteiger partial charge in [0.1, 0.15) is 5.75 Å². The van der Waals surface area contributed by atoms with E-state index in [0.29, 0.717) is 0 Å². The molecular formula is C7H8N2O4. The number of benzene rings is 1. The second-order valence-corrected chi connectivity index (χ2v) is 2.41. The summed E-state index contributed by atoms with van der Waals surface area (Å²) in [6, 6.07) is 3.63. The second kappa shape index (κ2) is 3.83. The Kier molecular flexibility index (Phi) is 2.78. The van der Waals surface area contributed by atoms with Crippen molar-refractivity contribution < 1.29 is 15.2 Å². The normalized spacial score (nSPS) is 9.92. The molecule has 0 atom stereocenters. The van der Waals surface area contributed by atoms with Crippen LogP contribution in [0, 0.1) is 10.1 Å². The van der Waals surface area contributed by atoms with Gasteiger partial charge in [0.05, 0.1) is 11.5 Å². The molecule has 0 fully saturated rings. The van der Waals surface area contributed by atoms with E-state index in [1.807, 2.05) is 0 Å². The van der Waals surface area contributed by atoms with Crippen LogP contribution in [0.5, 0.6) is 5.75 Å². The van der Waals surface area contributed by atoms with Crippen molar-refractivity contribution >= 4 is 5.69 Å². The van der Waals surface area contributed by atoms with E-state index >= 15 is 0 Å². The van der Waals surface area contributed by atoms with Crippen LogP contribution in [0.25, 0.3) is 0 Å². The number of hydrogen-bond acceptors (Lipinski definition) is 5. The average Bonchev–Trinajstić information content (AvgIpc) is 2.04. The highest BCUT2D eigenvalue weighted by Crippen LogP contribution is 2.22.